The number of nitrogens with one attached hydrogen (secondary N) is 1. The van der Waals surface area contributed by atoms with Gasteiger partial charge in [-0.3, -0.25) is 19.3 Å². The number of hydrogen-bond donors (Lipinski definition) is 1. The number of anilines is 1. The summed E-state index contributed by atoms with van der Waals surface area (Å²) >= 11 is 0. The molecule has 1 saturated heterocycles. The summed E-state index contributed by atoms with van der Waals surface area (Å²) in [7, 11) is 0. The predicted molar refractivity (Wildman–Crippen MR) is 151 cm³/mol. The van der Waals surface area contributed by atoms with Gasteiger partial charge in [-0.25, -0.2) is 9.59 Å². The molecule has 9 heteroatoms. The molecule has 3 atom stereocenters. The van der Waals surface area contributed by atoms with Crippen LogP contribution in [0.1, 0.15) is 64.7 Å². The SMILES string of the molecule is CCCOC(=O)c1ccc(NC(=O)COC(=O)[C@H](C)N2C(=O)[C@H]3C4c5ccccc5C(c5ccccc54)[C@@H]3C2=O)cc1. The first-order valence-corrected chi connectivity index (χ1v) is 14.1. The molecule has 214 valence electrons. The molecule has 1 aliphatic heterocycles. The topological polar surface area (TPSA) is 119 Å². The third kappa shape index (κ3) is 4.45. The summed E-state index contributed by atoms with van der Waals surface area (Å²) in [5, 5.41) is 2.60. The van der Waals surface area contributed by atoms with Gasteiger partial charge in [-0.05, 0) is 59.9 Å². The maximum absolute atomic E-state index is 13.8. The highest BCUT2D eigenvalue weighted by molar-refractivity contribution is 6.10. The van der Waals surface area contributed by atoms with Gasteiger partial charge in [0, 0.05) is 17.5 Å². The normalized spacial score (nSPS) is 22.1. The van der Waals surface area contributed by atoms with E-state index in [0.29, 0.717) is 24.3 Å². The maximum Gasteiger partial charge on any atom is 0.338 e. The molecule has 4 aliphatic rings. The number of imide groups is 1. The number of rotatable bonds is 8. The molecule has 0 saturated carbocycles. The Morgan fingerprint density at radius 2 is 1.29 bits per heavy atom. The minimum atomic E-state index is -1.19. The number of carbonyl (C=O) groups is 5. The van der Waals surface area contributed by atoms with Gasteiger partial charge in [-0.2, -0.15) is 0 Å². The van der Waals surface area contributed by atoms with Crippen LogP contribution in [0.3, 0.4) is 0 Å². The Hall–Kier alpha value is -4.79. The number of hydrogen-bond acceptors (Lipinski definition) is 7. The molecular weight excluding hydrogens is 536 g/mol. The van der Waals surface area contributed by atoms with E-state index in [-0.39, 0.29) is 11.8 Å². The van der Waals surface area contributed by atoms with Gasteiger partial charge < -0.3 is 14.8 Å². The van der Waals surface area contributed by atoms with E-state index in [1.807, 2.05) is 55.5 Å². The zero-order valence-corrected chi connectivity index (χ0v) is 23.2. The predicted octanol–water partition coefficient (Wildman–Crippen LogP) is 4.02. The van der Waals surface area contributed by atoms with Gasteiger partial charge in [0.15, 0.2) is 6.61 Å². The molecule has 1 fully saturated rings. The average Bonchev–Trinajstić information content (AvgIpc) is 3.28. The van der Waals surface area contributed by atoms with E-state index in [1.165, 1.54) is 19.1 Å². The van der Waals surface area contributed by atoms with Crippen LogP contribution < -0.4 is 5.32 Å². The molecular formula is C33H30N2O7. The molecule has 1 N–H and O–H groups in total. The van der Waals surface area contributed by atoms with Crippen LogP contribution in [0.25, 0.3) is 0 Å². The third-order valence-electron chi connectivity index (χ3n) is 8.40. The van der Waals surface area contributed by atoms with E-state index in [1.54, 1.807) is 12.1 Å². The maximum atomic E-state index is 13.8. The first kappa shape index (κ1) is 27.4. The van der Waals surface area contributed by atoms with Crippen LogP contribution in [0.15, 0.2) is 72.8 Å². The Labute approximate surface area is 242 Å². The number of likely N-dealkylation sites (tertiary alicyclic amines) is 1. The van der Waals surface area contributed by atoms with Crippen molar-refractivity contribution in [1.82, 2.24) is 4.90 Å². The van der Waals surface area contributed by atoms with Crippen molar-refractivity contribution in [3.63, 3.8) is 0 Å². The molecule has 3 aromatic rings. The van der Waals surface area contributed by atoms with Crippen molar-refractivity contribution in [2.45, 2.75) is 38.1 Å². The van der Waals surface area contributed by atoms with Gasteiger partial charge in [-0.15, -0.1) is 0 Å². The van der Waals surface area contributed by atoms with E-state index < -0.39 is 54.1 Å². The number of amides is 3. The van der Waals surface area contributed by atoms with Crippen molar-refractivity contribution in [3.8, 4) is 0 Å². The van der Waals surface area contributed by atoms with Crippen LogP contribution in [0.4, 0.5) is 5.69 Å². The van der Waals surface area contributed by atoms with E-state index in [4.69, 9.17) is 9.47 Å². The fourth-order valence-corrected chi connectivity index (χ4v) is 6.61. The number of esters is 2. The van der Waals surface area contributed by atoms with Crippen LogP contribution in [-0.2, 0) is 28.7 Å². The minimum absolute atomic E-state index is 0.275. The van der Waals surface area contributed by atoms with Crippen LogP contribution in [0.5, 0.6) is 0 Å². The Morgan fingerprint density at radius 3 is 1.76 bits per heavy atom. The first-order chi connectivity index (χ1) is 20.3. The van der Waals surface area contributed by atoms with Crippen LogP contribution in [0, 0.1) is 11.8 Å². The number of carbonyl (C=O) groups excluding carboxylic acids is 5. The fraction of sp³-hybridized carbons (Fsp3) is 0.303. The Morgan fingerprint density at radius 1 is 0.786 bits per heavy atom. The van der Waals surface area contributed by atoms with Crippen LogP contribution in [-0.4, -0.2) is 53.8 Å². The molecule has 1 heterocycles. The van der Waals surface area contributed by atoms with Crippen molar-refractivity contribution in [2.75, 3.05) is 18.5 Å². The molecule has 0 radical (unpaired) electrons. The Bertz CT molecular complexity index is 1480. The lowest BCUT2D eigenvalue weighted by Crippen LogP contribution is -2.45. The fourth-order valence-electron chi connectivity index (χ4n) is 6.61. The molecule has 2 bridgehead atoms. The second kappa shape index (κ2) is 10.9. The summed E-state index contributed by atoms with van der Waals surface area (Å²) in [6.45, 7) is 3.06. The summed E-state index contributed by atoms with van der Waals surface area (Å²) in [6.07, 6.45) is 0.710. The van der Waals surface area contributed by atoms with Crippen molar-refractivity contribution in [2.24, 2.45) is 11.8 Å². The summed E-state index contributed by atoms with van der Waals surface area (Å²) in [5.74, 6) is -4.45. The van der Waals surface area contributed by atoms with Crippen molar-refractivity contribution in [3.05, 3.63) is 101 Å². The zero-order valence-electron chi connectivity index (χ0n) is 23.2. The molecule has 3 aromatic carbocycles. The van der Waals surface area contributed by atoms with E-state index in [0.717, 1.165) is 27.2 Å². The van der Waals surface area contributed by atoms with Gasteiger partial charge in [0.2, 0.25) is 11.8 Å². The number of ether oxygens (including phenoxy) is 2. The van der Waals surface area contributed by atoms with Gasteiger partial charge in [0.1, 0.15) is 6.04 Å². The second-order valence-corrected chi connectivity index (χ2v) is 10.9. The largest absolute Gasteiger partial charge is 0.462 e. The molecule has 42 heavy (non-hydrogen) atoms. The lowest BCUT2D eigenvalue weighted by molar-refractivity contribution is -0.159. The van der Waals surface area contributed by atoms with Crippen molar-refractivity contribution < 1.29 is 33.4 Å². The molecule has 0 aromatic heterocycles. The summed E-state index contributed by atoms with van der Waals surface area (Å²) in [4.78, 5) is 66.1. The Kier molecular flexibility index (Phi) is 7.10. The average molecular weight is 567 g/mol. The lowest BCUT2D eigenvalue weighted by Gasteiger charge is -2.45. The van der Waals surface area contributed by atoms with Gasteiger partial charge in [0.25, 0.3) is 5.91 Å². The van der Waals surface area contributed by atoms with Crippen LogP contribution in [0.2, 0.25) is 0 Å². The number of benzene rings is 3. The highest BCUT2D eigenvalue weighted by Gasteiger charge is 2.62. The monoisotopic (exact) mass is 566 g/mol. The second-order valence-electron chi connectivity index (χ2n) is 10.9. The number of nitrogens with zero attached hydrogens (tertiary/aromatic N) is 1. The summed E-state index contributed by atoms with van der Waals surface area (Å²) < 4.78 is 10.3. The lowest BCUT2D eigenvalue weighted by atomic mass is 9.55. The van der Waals surface area contributed by atoms with Gasteiger partial charge in [0.05, 0.1) is 24.0 Å². The molecule has 3 aliphatic carbocycles. The summed E-state index contributed by atoms with van der Waals surface area (Å²) in [5.41, 5.74) is 4.93. The summed E-state index contributed by atoms with van der Waals surface area (Å²) in [6, 6.07) is 20.8. The smallest absolute Gasteiger partial charge is 0.338 e. The molecule has 0 unspecified atom stereocenters. The Balaban J connectivity index is 1.12. The van der Waals surface area contributed by atoms with Crippen molar-refractivity contribution >= 4 is 35.3 Å². The minimum Gasteiger partial charge on any atom is -0.462 e. The van der Waals surface area contributed by atoms with E-state index in [2.05, 4.69) is 5.32 Å². The molecule has 7 rings (SSSR count). The van der Waals surface area contributed by atoms with E-state index in [9.17, 15) is 24.0 Å². The highest BCUT2D eigenvalue weighted by atomic mass is 16.5. The van der Waals surface area contributed by atoms with Crippen molar-refractivity contribution in [1.29, 1.82) is 0 Å². The third-order valence-corrected chi connectivity index (χ3v) is 8.40. The standard InChI is InChI=1S/C33H30N2O7/c1-3-16-41-33(40)19-12-14-20(15-13-19)34-25(36)17-42-32(39)18(2)35-30(37)28-26-21-8-4-5-9-22(21)27(29(28)31(35)38)24-11-7-6-10-23(24)26/h4-15,18,26-29H,3,16-17H2,1-2H3,(H,34,36)/t18-,26?,27?,28-,29-/m0/s1. The highest BCUT2D eigenvalue weighted by Crippen LogP contribution is 2.61. The van der Waals surface area contributed by atoms with Gasteiger partial charge >= 0.3 is 11.9 Å². The van der Waals surface area contributed by atoms with E-state index >= 15 is 0 Å². The zero-order chi connectivity index (χ0) is 29.5. The van der Waals surface area contributed by atoms with Gasteiger partial charge in [-0.1, -0.05) is 55.5 Å². The molecule has 0 spiro atoms. The quantitative estimate of drug-likeness (QED) is 0.323. The first-order valence-electron chi connectivity index (χ1n) is 14.1. The molecule has 9 nitrogen and oxygen atoms in total. The molecule has 3 amide bonds. The van der Waals surface area contributed by atoms with Crippen LogP contribution >= 0.6 is 0 Å².